The molecule has 0 amide bonds. The van der Waals surface area contributed by atoms with Crippen molar-refractivity contribution in [2.45, 2.75) is 12.8 Å². The average molecular weight is 409 g/mol. The van der Waals surface area contributed by atoms with Crippen molar-refractivity contribution in [3.05, 3.63) is 41.6 Å². The summed E-state index contributed by atoms with van der Waals surface area (Å²) in [6.45, 7) is 1.55. The van der Waals surface area contributed by atoms with Crippen LogP contribution in [0.25, 0.3) is 33.1 Å². The maximum Gasteiger partial charge on any atom is 0.149 e. The molecule has 4 rings (SSSR count). The quantitative estimate of drug-likeness (QED) is 0.263. The van der Waals surface area contributed by atoms with E-state index < -0.39 is 0 Å². The van der Waals surface area contributed by atoms with Crippen molar-refractivity contribution >= 4 is 21.8 Å². The molecular weight excluding hydrogens is 380 g/mol. The van der Waals surface area contributed by atoms with E-state index in [-0.39, 0.29) is 17.2 Å². The van der Waals surface area contributed by atoms with E-state index in [0.29, 0.717) is 35.1 Å². The maximum absolute atomic E-state index is 11.1. The molecule has 2 aromatic heterocycles. The van der Waals surface area contributed by atoms with Gasteiger partial charge in [-0.2, -0.15) is 0 Å². The summed E-state index contributed by atoms with van der Waals surface area (Å²) in [6.07, 6.45) is 3.25. The first-order chi connectivity index (χ1) is 14.4. The van der Waals surface area contributed by atoms with Gasteiger partial charge in [0.2, 0.25) is 0 Å². The van der Waals surface area contributed by atoms with Crippen LogP contribution in [-0.2, 0) is 12.8 Å². The Bertz CT molecular complexity index is 1210. The second kappa shape index (κ2) is 7.93. The third-order valence-electron chi connectivity index (χ3n) is 5.62. The number of phenolic OH excluding ortho intramolecular Hbond substituents is 3. The van der Waals surface area contributed by atoms with Gasteiger partial charge in [-0.3, -0.25) is 0 Å². The molecular formula is C23H28N4O3. The van der Waals surface area contributed by atoms with Crippen molar-refractivity contribution < 1.29 is 15.3 Å². The first-order valence-corrected chi connectivity index (χ1v) is 10.1. The predicted molar refractivity (Wildman–Crippen MR) is 120 cm³/mol. The van der Waals surface area contributed by atoms with Crippen LogP contribution in [0.4, 0.5) is 0 Å². The summed E-state index contributed by atoms with van der Waals surface area (Å²) in [5, 5.41) is 36.9. The fourth-order valence-electron chi connectivity index (χ4n) is 4.11. The summed E-state index contributed by atoms with van der Waals surface area (Å²) >= 11 is 0. The molecule has 7 nitrogen and oxygen atoms in total. The van der Waals surface area contributed by atoms with Crippen molar-refractivity contribution in [2.24, 2.45) is 0 Å². The number of nitrogens with zero attached hydrogens (tertiary/aromatic N) is 1. The average Bonchev–Trinajstić information content (AvgIpc) is 3.30. The lowest BCUT2D eigenvalue weighted by Gasteiger charge is -2.11. The number of hydrogen-bond acceptors (Lipinski definition) is 5. The topological polar surface area (TPSA) is 108 Å². The minimum absolute atomic E-state index is 0.0793. The lowest BCUT2D eigenvalue weighted by molar-refractivity contribution is 0.414. The third kappa shape index (κ3) is 3.36. The number of aromatic nitrogens is 2. The molecule has 158 valence electrons. The molecule has 4 aromatic rings. The molecule has 6 N–H and O–H groups in total. The Labute approximate surface area is 175 Å². The van der Waals surface area contributed by atoms with E-state index in [0.717, 1.165) is 35.0 Å². The van der Waals surface area contributed by atoms with Gasteiger partial charge in [0, 0.05) is 34.6 Å². The van der Waals surface area contributed by atoms with Gasteiger partial charge < -0.3 is 35.5 Å². The first-order valence-electron chi connectivity index (χ1n) is 10.1. The van der Waals surface area contributed by atoms with Gasteiger partial charge in [0.25, 0.3) is 0 Å². The van der Waals surface area contributed by atoms with Gasteiger partial charge in [-0.25, -0.2) is 0 Å². The SMILES string of the molecule is CNCCc1c(-c2cc(O)c3c(CCN(C)C)c[nH]c3c2O)[nH]c2cccc(O)c12. The Hall–Kier alpha value is -3.16. The van der Waals surface area contributed by atoms with Gasteiger partial charge in [0.15, 0.2) is 0 Å². The summed E-state index contributed by atoms with van der Waals surface area (Å²) < 4.78 is 0. The maximum atomic E-state index is 11.1. The fraction of sp³-hybridized carbons (Fsp3) is 0.304. The van der Waals surface area contributed by atoms with E-state index >= 15 is 0 Å². The zero-order valence-corrected chi connectivity index (χ0v) is 17.5. The minimum atomic E-state index is 0.0793. The van der Waals surface area contributed by atoms with Crippen LogP contribution in [-0.4, -0.2) is 64.4 Å². The Kier molecular flexibility index (Phi) is 5.32. The number of aromatic amines is 2. The van der Waals surface area contributed by atoms with Crippen LogP contribution in [0.2, 0.25) is 0 Å². The normalized spacial score (nSPS) is 11.9. The van der Waals surface area contributed by atoms with Gasteiger partial charge in [-0.05, 0) is 69.9 Å². The second-order valence-corrected chi connectivity index (χ2v) is 7.94. The van der Waals surface area contributed by atoms with Gasteiger partial charge >= 0.3 is 0 Å². The molecule has 0 aliphatic heterocycles. The highest BCUT2D eigenvalue weighted by molar-refractivity contribution is 6.02. The summed E-state index contributed by atoms with van der Waals surface area (Å²) in [5.41, 5.74) is 4.35. The van der Waals surface area contributed by atoms with E-state index in [9.17, 15) is 15.3 Å². The number of nitrogens with one attached hydrogen (secondary N) is 3. The number of fused-ring (bicyclic) bond motifs is 2. The van der Waals surface area contributed by atoms with Gasteiger partial charge in [0.05, 0.1) is 11.2 Å². The van der Waals surface area contributed by atoms with Crippen LogP contribution in [0.3, 0.4) is 0 Å². The predicted octanol–water partition coefficient (Wildman–Crippen LogP) is 3.30. The Morgan fingerprint density at radius 3 is 2.57 bits per heavy atom. The van der Waals surface area contributed by atoms with Crippen molar-refractivity contribution in [3.8, 4) is 28.5 Å². The number of hydrogen-bond donors (Lipinski definition) is 6. The molecule has 0 saturated heterocycles. The summed E-state index contributed by atoms with van der Waals surface area (Å²) in [5.74, 6) is 0.391. The monoisotopic (exact) mass is 408 g/mol. The molecule has 0 aliphatic rings. The van der Waals surface area contributed by atoms with E-state index in [4.69, 9.17) is 0 Å². The van der Waals surface area contributed by atoms with Gasteiger partial charge in [0.1, 0.15) is 17.2 Å². The number of likely N-dealkylation sites (N-methyl/N-ethyl adjacent to an activating group) is 2. The number of benzene rings is 2. The Morgan fingerprint density at radius 1 is 1.03 bits per heavy atom. The third-order valence-corrected chi connectivity index (χ3v) is 5.62. The van der Waals surface area contributed by atoms with Crippen LogP contribution < -0.4 is 5.32 Å². The highest BCUT2D eigenvalue weighted by Crippen LogP contribution is 2.45. The summed E-state index contributed by atoms with van der Waals surface area (Å²) in [4.78, 5) is 8.54. The lowest BCUT2D eigenvalue weighted by Crippen LogP contribution is -2.14. The molecule has 0 atom stereocenters. The molecule has 30 heavy (non-hydrogen) atoms. The molecule has 7 heteroatoms. The van der Waals surface area contributed by atoms with Crippen molar-refractivity contribution in [3.63, 3.8) is 0 Å². The fourth-order valence-corrected chi connectivity index (χ4v) is 4.11. The zero-order valence-electron chi connectivity index (χ0n) is 17.5. The van der Waals surface area contributed by atoms with Crippen LogP contribution in [0.5, 0.6) is 17.2 Å². The largest absolute Gasteiger partial charge is 0.507 e. The second-order valence-electron chi connectivity index (χ2n) is 7.94. The van der Waals surface area contributed by atoms with E-state index in [1.165, 1.54) is 0 Å². The summed E-state index contributed by atoms with van der Waals surface area (Å²) in [7, 11) is 5.88. The molecule has 0 saturated carbocycles. The molecule has 2 heterocycles. The Balaban J connectivity index is 1.91. The lowest BCUT2D eigenvalue weighted by atomic mass is 9.98. The molecule has 0 aliphatic carbocycles. The molecule has 2 aromatic carbocycles. The first kappa shape index (κ1) is 20.1. The van der Waals surface area contributed by atoms with Gasteiger partial charge in [-0.1, -0.05) is 6.07 Å². The number of aromatic hydroxyl groups is 3. The summed E-state index contributed by atoms with van der Waals surface area (Å²) in [6, 6.07) is 6.94. The van der Waals surface area contributed by atoms with Crippen LogP contribution in [0, 0.1) is 0 Å². The zero-order chi connectivity index (χ0) is 21.4. The molecule has 0 spiro atoms. The Morgan fingerprint density at radius 2 is 1.83 bits per heavy atom. The molecule has 0 bridgehead atoms. The number of phenols is 3. The van der Waals surface area contributed by atoms with E-state index in [1.54, 1.807) is 18.2 Å². The number of rotatable bonds is 7. The standard InChI is InChI=1S/C23H28N4O3/c1-24-9-7-14-20-16(5-4-6-17(20)28)26-21(14)15-11-18(29)19-13(8-10-27(2)3)12-25-22(19)23(15)30/h4-6,11-12,24-26,28-30H,7-10H2,1-3H3. The van der Waals surface area contributed by atoms with Crippen molar-refractivity contribution in [1.82, 2.24) is 20.2 Å². The van der Waals surface area contributed by atoms with Gasteiger partial charge in [-0.15, -0.1) is 0 Å². The van der Waals surface area contributed by atoms with E-state index in [2.05, 4.69) is 20.2 Å². The van der Waals surface area contributed by atoms with Crippen molar-refractivity contribution in [2.75, 3.05) is 34.2 Å². The number of H-pyrrole nitrogens is 2. The highest BCUT2D eigenvalue weighted by Gasteiger charge is 2.22. The highest BCUT2D eigenvalue weighted by atomic mass is 16.3. The molecule has 0 fully saturated rings. The van der Waals surface area contributed by atoms with Crippen LogP contribution in [0.1, 0.15) is 11.1 Å². The minimum Gasteiger partial charge on any atom is -0.507 e. The molecule has 0 unspecified atom stereocenters. The smallest absolute Gasteiger partial charge is 0.149 e. The van der Waals surface area contributed by atoms with E-state index in [1.807, 2.05) is 33.4 Å². The molecule has 0 radical (unpaired) electrons. The van der Waals surface area contributed by atoms with Crippen molar-refractivity contribution in [1.29, 1.82) is 0 Å². The van der Waals surface area contributed by atoms with Crippen LogP contribution >= 0.6 is 0 Å². The van der Waals surface area contributed by atoms with Crippen LogP contribution in [0.15, 0.2) is 30.5 Å².